The van der Waals surface area contributed by atoms with Gasteiger partial charge in [-0.1, -0.05) is 6.08 Å². The molecule has 0 radical (unpaired) electrons. The van der Waals surface area contributed by atoms with Crippen molar-refractivity contribution in [3.8, 4) is 0 Å². The molecule has 0 saturated carbocycles. The number of nitrogens with zero attached hydrogens (tertiary/aromatic N) is 1. The van der Waals surface area contributed by atoms with Crippen molar-refractivity contribution in [1.82, 2.24) is 4.98 Å². The van der Waals surface area contributed by atoms with Gasteiger partial charge in [-0.05, 0) is 29.3 Å². The predicted octanol–water partition coefficient (Wildman–Crippen LogP) is 2.80. The Labute approximate surface area is 92.5 Å². The van der Waals surface area contributed by atoms with Crippen molar-refractivity contribution in [3.63, 3.8) is 0 Å². The molecule has 0 fully saturated rings. The summed E-state index contributed by atoms with van der Waals surface area (Å²) in [7, 11) is 0. The minimum atomic E-state index is 0.313. The van der Waals surface area contributed by atoms with Crippen LogP contribution in [0, 0.1) is 0 Å². The number of pyridine rings is 1. The van der Waals surface area contributed by atoms with Crippen LogP contribution in [0.4, 0.5) is 11.4 Å². The molecule has 1 aromatic rings. The highest BCUT2D eigenvalue weighted by Gasteiger charge is 2.06. The quantitative estimate of drug-likeness (QED) is 0.814. The van der Waals surface area contributed by atoms with Gasteiger partial charge in [0.1, 0.15) is 0 Å². The smallest absolute Gasteiger partial charge is 0.0752 e. The van der Waals surface area contributed by atoms with Crippen LogP contribution in [0.25, 0.3) is 0 Å². The number of anilines is 2. The predicted molar refractivity (Wildman–Crippen MR) is 64.2 cm³/mol. The molecule has 1 aromatic heterocycles. The number of aromatic nitrogens is 1. The van der Waals surface area contributed by atoms with Gasteiger partial charge in [-0.3, -0.25) is 4.98 Å². The van der Waals surface area contributed by atoms with Crippen LogP contribution in [0.15, 0.2) is 29.5 Å². The SMILES string of the molecule is C=CC[C@@H](C)Nc1c(N)cncc1Br. The molecule has 1 atom stereocenters. The van der Waals surface area contributed by atoms with E-state index in [2.05, 4.69) is 39.7 Å². The number of hydrogen-bond acceptors (Lipinski definition) is 3. The Morgan fingerprint density at radius 3 is 3.00 bits per heavy atom. The Hall–Kier alpha value is -1.03. The van der Waals surface area contributed by atoms with E-state index in [1.807, 2.05) is 6.08 Å². The molecular formula is C10H14BrN3. The first-order valence-electron chi connectivity index (χ1n) is 4.41. The lowest BCUT2D eigenvalue weighted by atomic mass is 10.2. The van der Waals surface area contributed by atoms with E-state index in [9.17, 15) is 0 Å². The second kappa shape index (κ2) is 5.00. The highest BCUT2D eigenvalue weighted by molar-refractivity contribution is 9.10. The first-order chi connectivity index (χ1) is 6.65. The van der Waals surface area contributed by atoms with Crippen molar-refractivity contribution in [2.45, 2.75) is 19.4 Å². The van der Waals surface area contributed by atoms with Crippen molar-refractivity contribution < 1.29 is 0 Å². The average Bonchev–Trinajstić information content (AvgIpc) is 2.12. The standard InChI is InChI=1S/C10H14BrN3/c1-3-4-7(2)14-10-8(11)5-13-6-9(10)12/h3,5-7H,1,4,12H2,2H3,(H,13,14)/t7-/m1/s1. The van der Waals surface area contributed by atoms with Crippen molar-refractivity contribution in [1.29, 1.82) is 0 Å². The monoisotopic (exact) mass is 255 g/mol. The van der Waals surface area contributed by atoms with Crippen molar-refractivity contribution in [2.75, 3.05) is 11.1 Å². The lowest BCUT2D eigenvalue weighted by molar-refractivity contribution is 0.813. The van der Waals surface area contributed by atoms with Gasteiger partial charge in [0.05, 0.1) is 22.0 Å². The van der Waals surface area contributed by atoms with Gasteiger partial charge in [0.25, 0.3) is 0 Å². The van der Waals surface area contributed by atoms with Crippen molar-refractivity contribution in [2.24, 2.45) is 0 Å². The largest absolute Gasteiger partial charge is 0.396 e. The molecule has 4 heteroatoms. The molecule has 0 aromatic carbocycles. The molecule has 0 unspecified atom stereocenters. The van der Waals surface area contributed by atoms with Crippen LogP contribution in [0.2, 0.25) is 0 Å². The highest BCUT2D eigenvalue weighted by Crippen LogP contribution is 2.27. The van der Waals surface area contributed by atoms with E-state index in [-0.39, 0.29) is 0 Å². The minimum absolute atomic E-state index is 0.313. The van der Waals surface area contributed by atoms with E-state index < -0.39 is 0 Å². The number of rotatable bonds is 4. The molecule has 14 heavy (non-hydrogen) atoms. The fourth-order valence-corrected chi connectivity index (χ4v) is 1.62. The Morgan fingerprint density at radius 2 is 2.43 bits per heavy atom. The Bertz CT molecular complexity index is 305. The third-order valence-electron chi connectivity index (χ3n) is 1.84. The molecule has 1 heterocycles. The van der Waals surface area contributed by atoms with Gasteiger partial charge in [-0.25, -0.2) is 0 Å². The first kappa shape index (κ1) is 11.0. The maximum Gasteiger partial charge on any atom is 0.0752 e. The second-order valence-electron chi connectivity index (χ2n) is 3.16. The van der Waals surface area contributed by atoms with E-state index in [1.54, 1.807) is 12.4 Å². The molecule has 76 valence electrons. The fourth-order valence-electron chi connectivity index (χ4n) is 1.16. The summed E-state index contributed by atoms with van der Waals surface area (Å²) in [5, 5.41) is 3.30. The van der Waals surface area contributed by atoms with Gasteiger partial charge >= 0.3 is 0 Å². The maximum atomic E-state index is 5.79. The summed E-state index contributed by atoms with van der Waals surface area (Å²) in [6, 6.07) is 0.313. The van der Waals surface area contributed by atoms with Gasteiger partial charge in [-0.15, -0.1) is 6.58 Å². The van der Waals surface area contributed by atoms with E-state index in [0.717, 1.165) is 16.6 Å². The molecular weight excluding hydrogens is 242 g/mol. The normalized spacial score (nSPS) is 12.1. The van der Waals surface area contributed by atoms with Crippen LogP contribution in [0.3, 0.4) is 0 Å². The van der Waals surface area contributed by atoms with Crippen LogP contribution < -0.4 is 11.1 Å². The molecule has 0 aliphatic heterocycles. The summed E-state index contributed by atoms with van der Waals surface area (Å²) >= 11 is 3.40. The maximum absolute atomic E-state index is 5.79. The van der Waals surface area contributed by atoms with Crippen LogP contribution in [0.1, 0.15) is 13.3 Å². The van der Waals surface area contributed by atoms with Crippen LogP contribution in [-0.2, 0) is 0 Å². The van der Waals surface area contributed by atoms with E-state index in [1.165, 1.54) is 0 Å². The summed E-state index contributed by atoms with van der Waals surface area (Å²) in [5.74, 6) is 0. The Balaban J connectivity index is 2.80. The Kier molecular flexibility index (Phi) is 3.95. The minimum Gasteiger partial charge on any atom is -0.396 e. The third-order valence-corrected chi connectivity index (χ3v) is 2.44. The third kappa shape index (κ3) is 2.73. The number of halogens is 1. The van der Waals surface area contributed by atoms with Gasteiger partial charge in [0.2, 0.25) is 0 Å². The van der Waals surface area contributed by atoms with Gasteiger partial charge in [0, 0.05) is 12.2 Å². The molecule has 0 spiro atoms. The molecule has 0 bridgehead atoms. The summed E-state index contributed by atoms with van der Waals surface area (Å²) < 4.78 is 0.883. The molecule has 0 aliphatic carbocycles. The summed E-state index contributed by atoms with van der Waals surface area (Å²) in [4.78, 5) is 3.97. The van der Waals surface area contributed by atoms with E-state index >= 15 is 0 Å². The van der Waals surface area contributed by atoms with E-state index in [0.29, 0.717) is 11.7 Å². The first-order valence-corrected chi connectivity index (χ1v) is 5.21. The molecule has 3 nitrogen and oxygen atoms in total. The van der Waals surface area contributed by atoms with Crippen molar-refractivity contribution in [3.05, 3.63) is 29.5 Å². The molecule has 3 N–H and O–H groups in total. The van der Waals surface area contributed by atoms with E-state index in [4.69, 9.17) is 5.73 Å². The summed E-state index contributed by atoms with van der Waals surface area (Å²) in [6.07, 6.45) is 6.13. The van der Waals surface area contributed by atoms with Crippen LogP contribution in [-0.4, -0.2) is 11.0 Å². The zero-order chi connectivity index (χ0) is 10.6. The number of nitrogen functional groups attached to an aromatic ring is 1. The lowest BCUT2D eigenvalue weighted by Gasteiger charge is -2.16. The van der Waals surface area contributed by atoms with Gasteiger partial charge < -0.3 is 11.1 Å². The molecule has 0 amide bonds. The number of nitrogens with two attached hydrogens (primary N) is 1. The number of nitrogens with one attached hydrogen (secondary N) is 1. The summed E-state index contributed by atoms with van der Waals surface area (Å²) in [5.41, 5.74) is 7.33. The molecule has 1 rings (SSSR count). The lowest BCUT2D eigenvalue weighted by Crippen LogP contribution is -2.15. The average molecular weight is 256 g/mol. The second-order valence-corrected chi connectivity index (χ2v) is 4.01. The van der Waals surface area contributed by atoms with Crippen molar-refractivity contribution >= 4 is 27.3 Å². The van der Waals surface area contributed by atoms with Gasteiger partial charge in [-0.2, -0.15) is 0 Å². The highest BCUT2D eigenvalue weighted by atomic mass is 79.9. The molecule has 0 saturated heterocycles. The number of hydrogen-bond donors (Lipinski definition) is 2. The zero-order valence-electron chi connectivity index (χ0n) is 8.13. The topological polar surface area (TPSA) is 50.9 Å². The Morgan fingerprint density at radius 1 is 1.71 bits per heavy atom. The zero-order valence-corrected chi connectivity index (χ0v) is 9.71. The van der Waals surface area contributed by atoms with Crippen LogP contribution >= 0.6 is 15.9 Å². The van der Waals surface area contributed by atoms with Crippen LogP contribution in [0.5, 0.6) is 0 Å². The van der Waals surface area contributed by atoms with Gasteiger partial charge in [0.15, 0.2) is 0 Å². The fraction of sp³-hybridized carbons (Fsp3) is 0.300. The molecule has 0 aliphatic rings. The summed E-state index contributed by atoms with van der Waals surface area (Å²) in [6.45, 7) is 5.77.